The molecule has 1 aliphatic rings. The lowest BCUT2D eigenvalue weighted by atomic mass is 9.74. The number of aryl methyl sites for hydroxylation is 1. The number of para-hydroxylation sites is 1. The van der Waals surface area contributed by atoms with E-state index in [1.807, 2.05) is 4.68 Å². The largest absolute Gasteiger partial charge is 0.268 e. The lowest BCUT2D eigenvalue weighted by Crippen LogP contribution is -2.29. The van der Waals surface area contributed by atoms with Crippen LogP contribution in [0.5, 0.6) is 0 Å². The predicted molar refractivity (Wildman–Crippen MR) is 92.8 cm³/mol. The van der Waals surface area contributed by atoms with E-state index in [-0.39, 0.29) is 0 Å². The summed E-state index contributed by atoms with van der Waals surface area (Å²) in [5, 5.41) is 6.11. The van der Waals surface area contributed by atoms with Gasteiger partial charge in [-0.2, -0.15) is 5.10 Å². The number of aromatic nitrogens is 2. The zero-order valence-electron chi connectivity index (χ0n) is 13.2. The molecule has 114 valence electrons. The van der Waals surface area contributed by atoms with E-state index in [1.165, 1.54) is 35.9 Å². The molecule has 0 amide bonds. The molecule has 0 radical (unpaired) electrons. The maximum absolute atomic E-state index is 4.78. The number of hydrogen-bond donors (Lipinski definition) is 0. The van der Waals surface area contributed by atoms with Gasteiger partial charge in [-0.15, -0.1) is 0 Å². The summed E-state index contributed by atoms with van der Waals surface area (Å²) >= 11 is 3.93. The van der Waals surface area contributed by atoms with Crippen molar-refractivity contribution in [1.82, 2.24) is 9.78 Å². The molecule has 3 atom stereocenters. The molecule has 1 fully saturated rings. The highest BCUT2D eigenvalue weighted by Gasteiger charge is 2.31. The molecule has 3 unspecified atom stereocenters. The highest BCUT2D eigenvalue weighted by atomic mass is 79.9. The second-order valence-corrected chi connectivity index (χ2v) is 8.06. The zero-order chi connectivity index (χ0) is 15.0. The number of alkyl halides is 1. The number of fused-ring (bicyclic) bond motifs is 1. The summed E-state index contributed by atoms with van der Waals surface area (Å²) in [5.74, 6) is 2.39. The predicted octanol–water partition coefficient (Wildman–Crippen LogP) is 4.95. The number of halogens is 1. The van der Waals surface area contributed by atoms with E-state index in [4.69, 9.17) is 5.10 Å². The summed E-state index contributed by atoms with van der Waals surface area (Å²) in [7, 11) is 2.05. The molecule has 0 saturated heterocycles. The Hall–Kier alpha value is -0.830. The van der Waals surface area contributed by atoms with Crippen LogP contribution >= 0.6 is 15.9 Å². The molecule has 3 rings (SSSR count). The molecule has 0 aliphatic heterocycles. The second-order valence-electron chi connectivity index (χ2n) is 6.88. The van der Waals surface area contributed by atoms with Gasteiger partial charge in [0.25, 0.3) is 0 Å². The first-order valence-corrected chi connectivity index (χ1v) is 9.02. The van der Waals surface area contributed by atoms with Crippen LogP contribution in [0, 0.1) is 17.8 Å². The van der Waals surface area contributed by atoms with Crippen molar-refractivity contribution in [3.05, 3.63) is 30.0 Å². The summed E-state index contributed by atoms with van der Waals surface area (Å²) in [5.41, 5.74) is 2.52. The minimum Gasteiger partial charge on any atom is -0.268 e. The Kier molecular flexibility index (Phi) is 4.39. The first-order valence-electron chi connectivity index (χ1n) is 8.11. The molecular weight excluding hydrogens is 324 g/mol. The van der Waals surface area contributed by atoms with Gasteiger partial charge in [0.05, 0.1) is 11.2 Å². The lowest BCUT2D eigenvalue weighted by molar-refractivity contribution is 0.222. The molecular formula is C18H25BrN2. The minimum atomic E-state index is 0.647. The Morgan fingerprint density at radius 1 is 1.29 bits per heavy atom. The first-order chi connectivity index (χ1) is 10.1. The zero-order valence-corrected chi connectivity index (χ0v) is 14.8. The summed E-state index contributed by atoms with van der Waals surface area (Å²) in [6.45, 7) is 4.74. The molecule has 21 heavy (non-hydrogen) atoms. The molecule has 0 N–H and O–H groups in total. The molecule has 2 aromatic rings. The van der Waals surface area contributed by atoms with Crippen LogP contribution in [0.1, 0.15) is 38.8 Å². The van der Waals surface area contributed by atoms with Crippen LogP contribution in [-0.4, -0.2) is 14.6 Å². The van der Waals surface area contributed by atoms with Crippen molar-refractivity contribution >= 4 is 26.8 Å². The normalized spacial score (nSPS) is 26.6. The molecule has 0 spiro atoms. The van der Waals surface area contributed by atoms with Crippen LogP contribution in [0.25, 0.3) is 10.9 Å². The highest BCUT2D eigenvalue weighted by Crippen LogP contribution is 2.39. The third-order valence-corrected chi connectivity index (χ3v) is 6.37. The standard InChI is InChI=1S/C18H25BrN2/c1-12(2)13-8-9-16(19)14(10-13)11-17-15-6-4-5-7-18(15)21(3)20-17/h4-7,12-14,16H,8-11H2,1-3H3. The number of rotatable bonds is 3. The fourth-order valence-electron chi connectivity index (χ4n) is 3.77. The monoisotopic (exact) mass is 348 g/mol. The summed E-state index contributed by atoms with van der Waals surface area (Å²) in [6.07, 6.45) is 5.10. The Labute approximate surface area is 136 Å². The summed E-state index contributed by atoms with van der Waals surface area (Å²) in [6, 6.07) is 8.59. The van der Waals surface area contributed by atoms with Gasteiger partial charge >= 0.3 is 0 Å². The van der Waals surface area contributed by atoms with Crippen molar-refractivity contribution in [2.75, 3.05) is 0 Å². The minimum absolute atomic E-state index is 0.647. The smallest absolute Gasteiger partial charge is 0.0706 e. The van der Waals surface area contributed by atoms with Crippen molar-refractivity contribution in [1.29, 1.82) is 0 Å². The summed E-state index contributed by atoms with van der Waals surface area (Å²) in [4.78, 5) is 0.647. The van der Waals surface area contributed by atoms with Crippen LogP contribution in [0.15, 0.2) is 24.3 Å². The van der Waals surface area contributed by atoms with Crippen molar-refractivity contribution < 1.29 is 0 Å². The van der Waals surface area contributed by atoms with Gasteiger partial charge in [0, 0.05) is 17.3 Å². The van der Waals surface area contributed by atoms with Crippen LogP contribution in [0.2, 0.25) is 0 Å². The van der Waals surface area contributed by atoms with Gasteiger partial charge in [-0.25, -0.2) is 0 Å². The van der Waals surface area contributed by atoms with Crippen molar-refractivity contribution in [3.8, 4) is 0 Å². The average molecular weight is 349 g/mol. The molecule has 2 nitrogen and oxygen atoms in total. The number of hydrogen-bond acceptors (Lipinski definition) is 1. The topological polar surface area (TPSA) is 17.8 Å². The van der Waals surface area contributed by atoms with E-state index >= 15 is 0 Å². The van der Waals surface area contributed by atoms with Crippen molar-refractivity contribution in [2.45, 2.75) is 44.4 Å². The van der Waals surface area contributed by atoms with Crippen LogP contribution in [-0.2, 0) is 13.5 Å². The van der Waals surface area contributed by atoms with Gasteiger partial charge in [-0.1, -0.05) is 48.0 Å². The molecule has 1 aromatic carbocycles. The summed E-state index contributed by atoms with van der Waals surface area (Å²) < 4.78 is 2.02. The fourth-order valence-corrected chi connectivity index (χ4v) is 4.43. The van der Waals surface area contributed by atoms with Crippen LogP contribution in [0.4, 0.5) is 0 Å². The van der Waals surface area contributed by atoms with E-state index in [0.717, 1.165) is 18.3 Å². The van der Waals surface area contributed by atoms with Gasteiger partial charge in [-0.3, -0.25) is 4.68 Å². The maximum Gasteiger partial charge on any atom is 0.0706 e. The molecule has 3 heteroatoms. The van der Waals surface area contributed by atoms with Gasteiger partial charge in [0.1, 0.15) is 0 Å². The second kappa shape index (κ2) is 6.12. The van der Waals surface area contributed by atoms with Crippen LogP contribution < -0.4 is 0 Å². The van der Waals surface area contributed by atoms with Crippen molar-refractivity contribution in [2.24, 2.45) is 24.8 Å². The Bertz CT molecular complexity index is 617. The van der Waals surface area contributed by atoms with Gasteiger partial charge < -0.3 is 0 Å². The van der Waals surface area contributed by atoms with E-state index in [2.05, 4.69) is 61.1 Å². The van der Waals surface area contributed by atoms with Gasteiger partial charge in [0.15, 0.2) is 0 Å². The quantitative estimate of drug-likeness (QED) is 0.717. The van der Waals surface area contributed by atoms with E-state index in [9.17, 15) is 0 Å². The van der Waals surface area contributed by atoms with E-state index in [0.29, 0.717) is 10.7 Å². The first kappa shape index (κ1) is 15.1. The Morgan fingerprint density at radius 2 is 2.05 bits per heavy atom. The maximum atomic E-state index is 4.78. The molecule has 1 aliphatic carbocycles. The third kappa shape index (κ3) is 3.03. The van der Waals surface area contributed by atoms with Gasteiger partial charge in [0.2, 0.25) is 0 Å². The third-order valence-electron chi connectivity index (χ3n) is 5.16. The highest BCUT2D eigenvalue weighted by molar-refractivity contribution is 9.09. The van der Waals surface area contributed by atoms with Crippen molar-refractivity contribution in [3.63, 3.8) is 0 Å². The fraction of sp³-hybridized carbons (Fsp3) is 0.611. The van der Waals surface area contributed by atoms with E-state index in [1.54, 1.807) is 0 Å². The van der Waals surface area contributed by atoms with Crippen LogP contribution in [0.3, 0.4) is 0 Å². The van der Waals surface area contributed by atoms with Gasteiger partial charge in [-0.05, 0) is 49.5 Å². The van der Waals surface area contributed by atoms with E-state index < -0.39 is 0 Å². The number of nitrogens with zero attached hydrogens (tertiary/aromatic N) is 2. The molecule has 1 saturated carbocycles. The SMILES string of the molecule is CC(C)C1CCC(Br)C(Cc2nn(C)c3ccccc23)C1. The molecule has 0 bridgehead atoms. The average Bonchev–Trinajstić information content (AvgIpc) is 2.78. The molecule has 1 aromatic heterocycles. The lowest BCUT2D eigenvalue weighted by Gasteiger charge is -2.35. The Balaban J connectivity index is 1.83. The molecule has 1 heterocycles. The Morgan fingerprint density at radius 3 is 2.81 bits per heavy atom. The number of benzene rings is 1.